The SMILES string of the molecule is CCOc1ccccc1NS(=O)(=O)c1cc(N2C(=O)C(C)(C)CS2(=O)=O)ccc1OC. The van der Waals surface area contributed by atoms with Gasteiger partial charge in [-0.15, -0.1) is 0 Å². The normalized spacial score (nSPS) is 17.4. The Morgan fingerprint density at radius 1 is 1.13 bits per heavy atom. The number of para-hydroxylation sites is 2. The Morgan fingerprint density at radius 2 is 1.81 bits per heavy atom. The second kappa shape index (κ2) is 8.04. The van der Waals surface area contributed by atoms with Gasteiger partial charge < -0.3 is 9.47 Å². The minimum Gasteiger partial charge on any atom is -0.495 e. The lowest BCUT2D eigenvalue weighted by Crippen LogP contribution is -2.33. The van der Waals surface area contributed by atoms with Crippen LogP contribution in [0, 0.1) is 5.41 Å². The predicted molar refractivity (Wildman–Crippen MR) is 116 cm³/mol. The lowest BCUT2D eigenvalue weighted by Gasteiger charge is -2.20. The lowest BCUT2D eigenvalue weighted by atomic mass is 9.95. The van der Waals surface area contributed by atoms with E-state index < -0.39 is 31.4 Å². The van der Waals surface area contributed by atoms with Gasteiger partial charge in [0, 0.05) is 0 Å². The monoisotopic (exact) mass is 468 g/mol. The van der Waals surface area contributed by atoms with Crippen molar-refractivity contribution in [2.45, 2.75) is 25.7 Å². The average Bonchev–Trinajstić information content (AvgIpc) is 2.85. The summed E-state index contributed by atoms with van der Waals surface area (Å²) < 4.78 is 65.3. The molecule has 0 aliphatic carbocycles. The van der Waals surface area contributed by atoms with E-state index in [9.17, 15) is 21.6 Å². The van der Waals surface area contributed by atoms with Crippen LogP contribution in [0.2, 0.25) is 0 Å². The first-order valence-electron chi connectivity index (χ1n) is 9.43. The molecular formula is C20H24N2O7S2. The summed E-state index contributed by atoms with van der Waals surface area (Å²) in [5.74, 6) is -0.667. The van der Waals surface area contributed by atoms with Gasteiger partial charge >= 0.3 is 0 Å². The van der Waals surface area contributed by atoms with Crippen molar-refractivity contribution >= 4 is 37.3 Å². The summed E-state index contributed by atoms with van der Waals surface area (Å²) in [5, 5.41) is 0. The Balaban J connectivity index is 2.09. The molecule has 2 aromatic rings. The van der Waals surface area contributed by atoms with E-state index in [1.165, 1.54) is 39.2 Å². The maximum absolute atomic E-state index is 13.2. The number of carbonyl (C=O) groups is 1. The number of sulfonamides is 2. The molecule has 0 saturated carbocycles. The molecule has 0 aromatic heterocycles. The number of ether oxygens (including phenoxy) is 2. The number of hydrogen-bond donors (Lipinski definition) is 1. The largest absolute Gasteiger partial charge is 0.495 e. The molecule has 31 heavy (non-hydrogen) atoms. The van der Waals surface area contributed by atoms with Crippen LogP contribution in [0.3, 0.4) is 0 Å². The summed E-state index contributed by atoms with van der Waals surface area (Å²) in [5.41, 5.74) is -0.982. The van der Waals surface area contributed by atoms with Crippen molar-refractivity contribution in [1.82, 2.24) is 0 Å². The van der Waals surface area contributed by atoms with Gasteiger partial charge in [0.05, 0.1) is 36.3 Å². The maximum atomic E-state index is 13.2. The molecule has 1 aliphatic rings. The Morgan fingerprint density at radius 3 is 2.39 bits per heavy atom. The predicted octanol–water partition coefficient (Wildman–Crippen LogP) is 2.60. The molecule has 11 heteroatoms. The third-order valence-electron chi connectivity index (χ3n) is 4.69. The fourth-order valence-electron chi connectivity index (χ4n) is 3.30. The minimum atomic E-state index is -4.22. The first kappa shape index (κ1) is 22.9. The second-order valence-corrected chi connectivity index (χ2v) is 11.0. The van der Waals surface area contributed by atoms with Crippen molar-refractivity contribution in [2.24, 2.45) is 5.41 Å². The van der Waals surface area contributed by atoms with Crippen LogP contribution in [0.5, 0.6) is 11.5 Å². The zero-order valence-corrected chi connectivity index (χ0v) is 19.2. The number of rotatable bonds is 7. The molecule has 1 saturated heterocycles. The summed E-state index contributed by atoms with van der Waals surface area (Å²) in [6.45, 7) is 5.16. The van der Waals surface area contributed by atoms with Crippen LogP contribution in [0.25, 0.3) is 0 Å². The quantitative estimate of drug-likeness (QED) is 0.663. The maximum Gasteiger partial charge on any atom is 0.265 e. The van der Waals surface area contributed by atoms with E-state index in [1.807, 2.05) is 0 Å². The summed E-state index contributed by atoms with van der Waals surface area (Å²) in [7, 11) is -6.87. The molecular weight excluding hydrogens is 444 g/mol. The zero-order valence-electron chi connectivity index (χ0n) is 17.6. The van der Waals surface area contributed by atoms with E-state index >= 15 is 0 Å². The fraction of sp³-hybridized carbons (Fsp3) is 0.350. The average molecular weight is 469 g/mol. The van der Waals surface area contributed by atoms with E-state index in [4.69, 9.17) is 9.47 Å². The Kier molecular flexibility index (Phi) is 5.94. The van der Waals surface area contributed by atoms with Crippen molar-refractivity contribution < 1.29 is 31.1 Å². The molecule has 0 radical (unpaired) electrons. The van der Waals surface area contributed by atoms with Crippen molar-refractivity contribution in [3.63, 3.8) is 0 Å². The molecule has 1 amide bonds. The highest BCUT2D eigenvalue weighted by molar-refractivity contribution is 7.94. The van der Waals surface area contributed by atoms with Gasteiger partial charge in [0.1, 0.15) is 16.4 Å². The first-order chi connectivity index (χ1) is 14.4. The Bertz CT molecular complexity index is 1220. The molecule has 1 N–H and O–H groups in total. The van der Waals surface area contributed by atoms with E-state index in [1.54, 1.807) is 25.1 Å². The third kappa shape index (κ3) is 4.33. The van der Waals surface area contributed by atoms with Gasteiger partial charge in [-0.1, -0.05) is 12.1 Å². The molecule has 0 bridgehead atoms. The van der Waals surface area contributed by atoms with E-state index in [0.29, 0.717) is 16.7 Å². The van der Waals surface area contributed by atoms with Gasteiger partial charge in [-0.05, 0) is 51.1 Å². The molecule has 0 unspecified atom stereocenters. The smallest absolute Gasteiger partial charge is 0.265 e. The molecule has 9 nitrogen and oxygen atoms in total. The number of amides is 1. The van der Waals surface area contributed by atoms with Crippen molar-refractivity contribution in [3.8, 4) is 11.5 Å². The van der Waals surface area contributed by atoms with Gasteiger partial charge in [0.15, 0.2) is 0 Å². The molecule has 1 aliphatic heterocycles. The number of anilines is 2. The first-order valence-corrected chi connectivity index (χ1v) is 12.5. The molecule has 1 heterocycles. The highest BCUT2D eigenvalue weighted by atomic mass is 32.2. The van der Waals surface area contributed by atoms with Crippen LogP contribution in [-0.4, -0.2) is 42.2 Å². The highest BCUT2D eigenvalue weighted by Crippen LogP contribution is 2.39. The molecule has 0 spiro atoms. The Labute approximate surface area is 182 Å². The van der Waals surface area contributed by atoms with Gasteiger partial charge in [-0.2, -0.15) is 0 Å². The number of methoxy groups -OCH3 is 1. The third-order valence-corrected chi connectivity index (χ3v) is 8.09. The number of carbonyl (C=O) groups excluding carboxylic acids is 1. The zero-order chi connectivity index (χ0) is 23.0. The van der Waals surface area contributed by atoms with Gasteiger partial charge in [0.2, 0.25) is 15.9 Å². The summed E-state index contributed by atoms with van der Waals surface area (Å²) in [6, 6.07) is 10.3. The number of nitrogens with zero attached hydrogens (tertiary/aromatic N) is 1. The van der Waals surface area contributed by atoms with Gasteiger partial charge in [0.25, 0.3) is 10.0 Å². The number of benzene rings is 2. The summed E-state index contributed by atoms with van der Waals surface area (Å²) in [4.78, 5) is 12.4. The molecule has 168 valence electrons. The van der Waals surface area contributed by atoms with Gasteiger partial charge in [-0.3, -0.25) is 9.52 Å². The Hall–Kier alpha value is -2.79. The van der Waals surface area contributed by atoms with Crippen LogP contribution >= 0.6 is 0 Å². The lowest BCUT2D eigenvalue weighted by molar-refractivity contribution is -0.123. The van der Waals surface area contributed by atoms with Crippen molar-refractivity contribution in [1.29, 1.82) is 0 Å². The summed E-state index contributed by atoms with van der Waals surface area (Å²) in [6.07, 6.45) is 0. The molecule has 1 fully saturated rings. The van der Waals surface area contributed by atoms with Crippen LogP contribution in [0.4, 0.5) is 11.4 Å². The van der Waals surface area contributed by atoms with Crippen LogP contribution in [0.1, 0.15) is 20.8 Å². The minimum absolute atomic E-state index is 0.00607. The van der Waals surface area contributed by atoms with E-state index in [0.717, 1.165) is 6.07 Å². The number of hydrogen-bond acceptors (Lipinski definition) is 7. The molecule has 0 atom stereocenters. The molecule has 2 aromatic carbocycles. The molecule has 3 rings (SSSR count). The van der Waals surface area contributed by atoms with Crippen LogP contribution in [-0.2, 0) is 24.8 Å². The fourth-order valence-corrected chi connectivity index (χ4v) is 6.65. The van der Waals surface area contributed by atoms with Gasteiger partial charge in [-0.25, -0.2) is 21.1 Å². The van der Waals surface area contributed by atoms with Crippen molar-refractivity contribution in [2.75, 3.05) is 28.5 Å². The van der Waals surface area contributed by atoms with Crippen molar-refractivity contribution in [3.05, 3.63) is 42.5 Å². The summed E-state index contributed by atoms with van der Waals surface area (Å²) >= 11 is 0. The van der Waals surface area contributed by atoms with Crippen LogP contribution in [0.15, 0.2) is 47.4 Å². The second-order valence-electron chi connectivity index (χ2n) is 7.58. The highest BCUT2D eigenvalue weighted by Gasteiger charge is 2.50. The van der Waals surface area contributed by atoms with E-state index in [2.05, 4.69) is 4.72 Å². The number of nitrogens with one attached hydrogen (secondary N) is 1. The van der Waals surface area contributed by atoms with E-state index in [-0.39, 0.29) is 27.8 Å². The standard InChI is InChI=1S/C20H24N2O7S2/c1-5-29-16-9-7-6-8-15(16)21-31(26,27)18-12-14(10-11-17(18)28-4)22-19(23)20(2,3)13-30(22,24)25/h6-12,21H,5,13H2,1-4H3. The topological polar surface area (TPSA) is 119 Å². The van der Waals surface area contributed by atoms with Crippen LogP contribution < -0.4 is 18.5 Å².